The summed E-state index contributed by atoms with van der Waals surface area (Å²) in [6.45, 7) is 4.23. The molecule has 0 saturated carbocycles. The first-order valence-corrected chi connectivity index (χ1v) is 7.89. The van der Waals surface area contributed by atoms with Crippen LogP contribution < -0.4 is 10.6 Å². The maximum Gasteiger partial charge on any atom is 0.355 e. The first-order valence-electron chi connectivity index (χ1n) is 6.13. The molecule has 0 spiro atoms. The van der Waals surface area contributed by atoms with Crippen molar-refractivity contribution in [2.75, 3.05) is 5.32 Å². The Bertz CT molecular complexity index is 650. The van der Waals surface area contributed by atoms with Crippen LogP contribution in [0.1, 0.15) is 41.0 Å². The number of nitrogens with one attached hydrogen (secondary N) is 2. The highest BCUT2D eigenvalue weighted by Gasteiger charge is 2.11. The van der Waals surface area contributed by atoms with Gasteiger partial charge in [0.15, 0.2) is 10.8 Å². The summed E-state index contributed by atoms with van der Waals surface area (Å²) in [6, 6.07) is -0.397. The summed E-state index contributed by atoms with van der Waals surface area (Å²) >= 11 is 2.55. The molecule has 2 aromatic rings. The first kappa shape index (κ1) is 15.4. The molecule has 0 fully saturated rings. The maximum absolute atomic E-state index is 11.7. The molecule has 0 bridgehead atoms. The lowest BCUT2D eigenvalue weighted by Gasteiger charge is -2.03. The SMILES string of the molecule is CC(C)c1csc(NC(=O)NCc2nc(C(=O)O)cs2)n1. The van der Waals surface area contributed by atoms with Gasteiger partial charge in [0.2, 0.25) is 0 Å². The van der Waals surface area contributed by atoms with Crippen molar-refractivity contribution in [2.45, 2.75) is 26.3 Å². The number of carbonyl (C=O) groups is 2. The fourth-order valence-electron chi connectivity index (χ4n) is 1.40. The number of amides is 2. The molecule has 0 aromatic carbocycles. The highest BCUT2D eigenvalue weighted by atomic mass is 32.1. The average molecular weight is 326 g/mol. The van der Waals surface area contributed by atoms with E-state index in [1.807, 2.05) is 19.2 Å². The normalized spacial score (nSPS) is 10.6. The van der Waals surface area contributed by atoms with Gasteiger partial charge < -0.3 is 10.4 Å². The van der Waals surface area contributed by atoms with Gasteiger partial charge in [-0.05, 0) is 5.92 Å². The molecule has 0 aliphatic heterocycles. The number of thiazole rings is 2. The van der Waals surface area contributed by atoms with Crippen molar-refractivity contribution in [1.29, 1.82) is 0 Å². The third-order valence-corrected chi connectivity index (χ3v) is 4.13. The van der Waals surface area contributed by atoms with Crippen LogP contribution in [0.2, 0.25) is 0 Å². The highest BCUT2D eigenvalue weighted by Crippen LogP contribution is 2.21. The predicted molar refractivity (Wildman–Crippen MR) is 81.1 cm³/mol. The Morgan fingerprint density at radius 2 is 2.05 bits per heavy atom. The van der Waals surface area contributed by atoms with E-state index in [1.165, 1.54) is 28.1 Å². The van der Waals surface area contributed by atoms with Crippen molar-refractivity contribution in [3.8, 4) is 0 Å². The van der Waals surface area contributed by atoms with Crippen LogP contribution in [0.3, 0.4) is 0 Å². The minimum absolute atomic E-state index is 0.0151. The van der Waals surface area contributed by atoms with Gasteiger partial charge in [-0.1, -0.05) is 13.8 Å². The lowest BCUT2D eigenvalue weighted by Crippen LogP contribution is -2.28. The second kappa shape index (κ2) is 6.64. The highest BCUT2D eigenvalue weighted by molar-refractivity contribution is 7.14. The third-order valence-electron chi connectivity index (χ3n) is 2.50. The number of anilines is 1. The Labute approximate surface area is 129 Å². The van der Waals surface area contributed by atoms with Crippen molar-refractivity contribution in [1.82, 2.24) is 15.3 Å². The van der Waals surface area contributed by atoms with Gasteiger partial charge in [0.05, 0.1) is 12.2 Å². The summed E-state index contributed by atoms with van der Waals surface area (Å²) in [7, 11) is 0. The van der Waals surface area contributed by atoms with Crippen LogP contribution in [-0.4, -0.2) is 27.1 Å². The van der Waals surface area contributed by atoms with Crippen LogP contribution in [0, 0.1) is 0 Å². The molecule has 7 nitrogen and oxygen atoms in total. The molecule has 0 aliphatic carbocycles. The molecule has 9 heteroatoms. The topological polar surface area (TPSA) is 104 Å². The van der Waals surface area contributed by atoms with E-state index in [9.17, 15) is 9.59 Å². The lowest BCUT2D eigenvalue weighted by molar-refractivity contribution is 0.0691. The number of carboxylic acid groups (broad SMARTS) is 1. The smallest absolute Gasteiger partial charge is 0.355 e. The number of carbonyl (C=O) groups excluding carboxylic acids is 1. The summed E-state index contributed by atoms with van der Waals surface area (Å²) in [5, 5.41) is 18.4. The molecule has 0 atom stereocenters. The standard InChI is InChI=1S/C12H14N4O3S2/c1-6(2)7-4-21-12(15-7)16-11(19)13-3-9-14-8(5-20-9)10(17)18/h4-6H,3H2,1-2H3,(H,17,18)(H2,13,15,16,19). The van der Waals surface area contributed by atoms with Crippen LogP contribution in [-0.2, 0) is 6.54 Å². The fourth-order valence-corrected chi connectivity index (χ4v) is 2.97. The number of hydrogen-bond donors (Lipinski definition) is 3. The molecule has 0 radical (unpaired) electrons. The van der Waals surface area contributed by atoms with Crippen LogP contribution >= 0.6 is 22.7 Å². The molecule has 0 saturated heterocycles. The molecule has 0 aliphatic rings. The molecule has 2 heterocycles. The zero-order valence-corrected chi connectivity index (χ0v) is 13.0. The molecule has 2 rings (SSSR count). The van der Waals surface area contributed by atoms with Crippen molar-refractivity contribution < 1.29 is 14.7 Å². The molecule has 3 N–H and O–H groups in total. The van der Waals surface area contributed by atoms with Crippen molar-refractivity contribution in [3.05, 3.63) is 27.2 Å². The van der Waals surface area contributed by atoms with E-state index in [1.54, 1.807) is 0 Å². The summed E-state index contributed by atoms with van der Waals surface area (Å²) in [5.74, 6) is -0.768. The number of hydrogen-bond acceptors (Lipinski definition) is 6. The number of rotatable bonds is 5. The number of aromatic nitrogens is 2. The van der Waals surface area contributed by atoms with E-state index in [2.05, 4.69) is 20.6 Å². The molecule has 21 heavy (non-hydrogen) atoms. The zero-order chi connectivity index (χ0) is 15.4. The molecular weight excluding hydrogens is 312 g/mol. The Kier molecular flexibility index (Phi) is 4.86. The average Bonchev–Trinajstić information content (AvgIpc) is 3.05. The first-order chi connectivity index (χ1) is 9.95. The minimum Gasteiger partial charge on any atom is -0.476 e. The van der Waals surface area contributed by atoms with Gasteiger partial charge in [0.1, 0.15) is 5.01 Å². The summed E-state index contributed by atoms with van der Waals surface area (Å²) in [6.07, 6.45) is 0. The van der Waals surface area contributed by atoms with Gasteiger partial charge >= 0.3 is 12.0 Å². The number of nitrogens with zero attached hydrogens (tertiary/aromatic N) is 2. The van der Waals surface area contributed by atoms with E-state index < -0.39 is 12.0 Å². The molecule has 112 valence electrons. The molecule has 2 aromatic heterocycles. The van der Waals surface area contributed by atoms with Gasteiger partial charge in [0.25, 0.3) is 0 Å². The molecular formula is C12H14N4O3S2. The number of carboxylic acids is 1. The van der Waals surface area contributed by atoms with Gasteiger partial charge in [-0.25, -0.2) is 19.6 Å². The van der Waals surface area contributed by atoms with Gasteiger partial charge in [-0.2, -0.15) is 0 Å². The van der Waals surface area contributed by atoms with Crippen LogP contribution in [0.4, 0.5) is 9.93 Å². The quantitative estimate of drug-likeness (QED) is 0.783. The van der Waals surface area contributed by atoms with Gasteiger partial charge in [-0.3, -0.25) is 5.32 Å². The van der Waals surface area contributed by atoms with Gasteiger partial charge in [-0.15, -0.1) is 22.7 Å². The van der Waals surface area contributed by atoms with E-state index in [0.717, 1.165) is 5.69 Å². The Hall–Kier alpha value is -2.00. The fraction of sp³-hybridized carbons (Fsp3) is 0.333. The van der Waals surface area contributed by atoms with E-state index in [4.69, 9.17) is 5.11 Å². The minimum atomic E-state index is -1.08. The van der Waals surface area contributed by atoms with Gasteiger partial charge in [0, 0.05) is 10.8 Å². The second-order valence-electron chi connectivity index (χ2n) is 4.47. The van der Waals surface area contributed by atoms with E-state index in [-0.39, 0.29) is 12.2 Å². The molecule has 2 amide bonds. The predicted octanol–water partition coefficient (Wildman–Crippen LogP) is 2.74. The van der Waals surface area contributed by atoms with Crippen molar-refractivity contribution in [2.24, 2.45) is 0 Å². The van der Waals surface area contributed by atoms with Crippen LogP contribution in [0.5, 0.6) is 0 Å². The summed E-state index contributed by atoms with van der Waals surface area (Å²) < 4.78 is 0. The Balaban J connectivity index is 1.85. The largest absolute Gasteiger partial charge is 0.476 e. The van der Waals surface area contributed by atoms with Crippen molar-refractivity contribution in [3.63, 3.8) is 0 Å². The molecule has 0 unspecified atom stereocenters. The van der Waals surface area contributed by atoms with E-state index >= 15 is 0 Å². The zero-order valence-electron chi connectivity index (χ0n) is 11.4. The summed E-state index contributed by atoms with van der Waals surface area (Å²) in [4.78, 5) is 30.6. The number of urea groups is 1. The van der Waals surface area contributed by atoms with E-state index in [0.29, 0.717) is 16.1 Å². The number of aromatic carboxylic acids is 1. The second-order valence-corrected chi connectivity index (χ2v) is 6.27. The van der Waals surface area contributed by atoms with Crippen molar-refractivity contribution >= 4 is 39.8 Å². The summed E-state index contributed by atoms with van der Waals surface area (Å²) in [5.41, 5.74) is 0.917. The Morgan fingerprint density at radius 1 is 1.29 bits per heavy atom. The lowest BCUT2D eigenvalue weighted by atomic mass is 10.2. The third kappa shape index (κ3) is 4.23. The van der Waals surface area contributed by atoms with Crippen LogP contribution in [0.25, 0.3) is 0 Å². The monoisotopic (exact) mass is 326 g/mol. The maximum atomic E-state index is 11.7. The Morgan fingerprint density at radius 3 is 2.62 bits per heavy atom. The van der Waals surface area contributed by atoms with Crippen LogP contribution in [0.15, 0.2) is 10.8 Å².